The molecule has 3 atom stereocenters. The van der Waals surface area contributed by atoms with Gasteiger partial charge in [0.25, 0.3) is 0 Å². The quantitative estimate of drug-likeness (QED) is 0.643. The molecule has 26 heavy (non-hydrogen) atoms. The summed E-state index contributed by atoms with van der Waals surface area (Å²) < 4.78 is 10.4. The second-order valence-corrected chi connectivity index (χ2v) is 6.43. The van der Waals surface area contributed by atoms with Crippen molar-refractivity contribution in [2.24, 2.45) is 11.8 Å². The van der Waals surface area contributed by atoms with Crippen molar-refractivity contribution in [3.8, 4) is 11.5 Å². The lowest BCUT2D eigenvalue weighted by Gasteiger charge is -2.23. The third kappa shape index (κ3) is 3.05. The number of methoxy groups -OCH3 is 2. The normalized spacial score (nSPS) is 22.8. The van der Waals surface area contributed by atoms with Gasteiger partial charge in [-0.2, -0.15) is 0 Å². The minimum absolute atomic E-state index is 0.270. The molecule has 0 saturated carbocycles. The molecule has 1 aliphatic heterocycles. The number of likely N-dealkylation sites (tertiary alicyclic amines) is 1. The van der Waals surface area contributed by atoms with Gasteiger partial charge in [0.2, 0.25) is 17.7 Å². The van der Waals surface area contributed by atoms with Gasteiger partial charge < -0.3 is 14.8 Å². The van der Waals surface area contributed by atoms with Gasteiger partial charge >= 0.3 is 0 Å². The fourth-order valence-corrected chi connectivity index (χ4v) is 3.46. The Kier molecular flexibility index (Phi) is 4.97. The molecule has 7 nitrogen and oxygen atoms in total. The zero-order valence-corrected chi connectivity index (χ0v) is 15.0. The van der Waals surface area contributed by atoms with Crippen LogP contribution in [0.4, 0.5) is 5.69 Å². The van der Waals surface area contributed by atoms with Crippen molar-refractivity contribution in [3.05, 3.63) is 30.4 Å². The van der Waals surface area contributed by atoms with E-state index in [9.17, 15) is 14.4 Å². The molecule has 1 aliphatic carbocycles. The maximum Gasteiger partial charge on any atom is 0.247 e. The van der Waals surface area contributed by atoms with Crippen molar-refractivity contribution in [3.63, 3.8) is 0 Å². The second-order valence-electron chi connectivity index (χ2n) is 6.43. The first-order chi connectivity index (χ1) is 12.5. The van der Waals surface area contributed by atoms with Gasteiger partial charge in [0.05, 0.1) is 31.7 Å². The van der Waals surface area contributed by atoms with Crippen molar-refractivity contribution in [2.45, 2.75) is 25.8 Å². The van der Waals surface area contributed by atoms with E-state index in [0.717, 1.165) is 4.90 Å². The number of benzene rings is 1. The molecule has 138 valence electrons. The number of rotatable bonds is 5. The smallest absolute Gasteiger partial charge is 0.247 e. The standard InChI is InChI=1S/C19H22N2O5/c1-11(21-18(23)13-6-4-5-7-14(13)19(21)24)17(22)20-15-9-8-12(25-2)10-16(15)26-3/h4-5,8-11,13-14H,6-7H2,1-3H3,(H,20,22)/t11-,13-,14+/m0/s1. The number of nitrogens with zero attached hydrogens (tertiary/aromatic N) is 1. The van der Waals surface area contributed by atoms with E-state index in [-0.39, 0.29) is 23.7 Å². The molecule has 1 heterocycles. The van der Waals surface area contributed by atoms with Crippen molar-refractivity contribution in [2.75, 3.05) is 19.5 Å². The third-order valence-electron chi connectivity index (χ3n) is 4.97. The monoisotopic (exact) mass is 358 g/mol. The first-order valence-electron chi connectivity index (χ1n) is 8.52. The Morgan fingerprint density at radius 1 is 1.12 bits per heavy atom. The molecular weight excluding hydrogens is 336 g/mol. The molecule has 0 radical (unpaired) electrons. The molecule has 3 amide bonds. The Bertz CT molecular complexity index is 747. The van der Waals surface area contributed by atoms with Crippen LogP contribution in [0.2, 0.25) is 0 Å². The molecule has 2 aliphatic rings. The van der Waals surface area contributed by atoms with E-state index in [4.69, 9.17) is 9.47 Å². The van der Waals surface area contributed by atoms with Crippen molar-refractivity contribution in [1.82, 2.24) is 4.90 Å². The summed E-state index contributed by atoms with van der Waals surface area (Å²) >= 11 is 0. The summed E-state index contributed by atoms with van der Waals surface area (Å²) in [7, 11) is 3.02. The van der Waals surface area contributed by atoms with Crippen LogP contribution in [-0.4, -0.2) is 42.9 Å². The Morgan fingerprint density at radius 3 is 2.27 bits per heavy atom. The number of nitrogens with one attached hydrogen (secondary N) is 1. The number of hydrogen-bond acceptors (Lipinski definition) is 5. The number of amides is 3. The van der Waals surface area contributed by atoms with Gasteiger partial charge in [-0.1, -0.05) is 12.2 Å². The topological polar surface area (TPSA) is 84.9 Å². The predicted octanol–water partition coefficient (Wildman–Crippen LogP) is 1.98. The van der Waals surface area contributed by atoms with Crippen molar-refractivity contribution in [1.29, 1.82) is 0 Å². The minimum Gasteiger partial charge on any atom is -0.497 e. The lowest BCUT2D eigenvalue weighted by Crippen LogP contribution is -2.46. The average molecular weight is 358 g/mol. The Balaban J connectivity index is 1.76. The van der Waals surface area contributed by atoms with E-state index in [0.29, 0.717) is 30.0 Å². The summed E-state index contributed by atoms with van der Waals surface area (Å²) in [6.07, 6.45) is 4.93. The minimum atomic E-state index is -0.896. The lowest BCUT2D eigenvalue weighted by molar-refractivity contribution is -0.146. The van der Waals surface area contributed by atoms with Crippen LogP contribution in [0, 0.1) is 11.8 Å². The molecule has 1 saturated heterocycles. The first kappa shape index (κ1) is 18.0. The Morgan fingerprint density at radius 2 is 1.73 bits per heavy atom. The molecule has 7 heteroatoms. The maximum absolute atomic E-state index is 12.7. The molecule has 0 unspecified atom stereocenters. The maximum atomic E-state index is 12.7. The predicted molar refractivity (Wildman–Crippen MR) is 94.8 cm³/mol. The van der Waals surface area contributed by atoms with Gasteiger partial charge in [-0.15, -0.1) is 0 Å². The highest BCUT2D eigenvalue weighted by molar-refractivity contribution is 6.10. The third-order valence-corrected chi connectivity index (χ3v) is 4.97. The van der Waals surface area contributed by atoms with Crippen molar-refractivity contribution < 1.29 is 23.9 Å². The zero-order valence-electron chi connectivity index (χ0n) is 15.0. The van der Waals surface area contributed by atoms with Crippen LogP contribution in [0.5, 0.6) is 11.5 Å². The first-order valence-corrected chi connectivity index (χ1v) is 8.52. The summed E-state index contributed by atoms with van der Waals surface area (Å²) in [6.45, 7) is 1.56. The van der Waals surface area contributed by atoms with Gasteiger partial charge in [0.1, 0.15) is 17.5 Å². The summed E-state index contributed by atoms with van der Waals surface area (Å²) in [5.41, 5.74) is 0.448. The molecule has 0 spiro atoms. The zero-order chi connectivity index (χ0) is 18.8. The number of anilines is 1. The largest absolute Gasteiger partial charge is 0.497 e. The van der Waals surface area contributed by atoms with E-state index in [2.05, 4.69) is 5.32 Å². The van der Waals surface area contributed by atoms with Crippen LogP contribution < -0.4 is 14.8 Å². The SMILES string of the molecule is COc1ccc(NC(=O)[C@H](C)N2C(=O)[C@H]3CC=CC[C@H]3C2=O)c(OC)c1. The second kappa shape index (κ2) is 7.19. The number of ether oxygens (including phenoxy) is 2. The Hall–Kier alpha value is -2.83. The molecular formula is C19H22N2O5. The number of imide groups is 1. The molecule has 0 bridgehead atoms. The number of fused-ring (bicyclic) bond motifs is 1. The van der Waals surface area contributed by atoms with Crippen LogP contribution in [0.25, 0.3) is 0 Å². The van der Waals surface area contributed by atoms with E-state index >= 15 is 0 Å². The highest BCUT2D eigenvalue weighted by Gasteiger charge is 2.50. The van der Waals surface area contributed by atoms with E-state index in [1.54, 1.807) is 25.1 Å². The highest BCUT2D eigenvalue weighted by atomic mass is 16.5. The average Bonchev–Trinajstić information content (AvgIpc) is 2.92. The van der Waals surface area contributed by atoms with E-state index < -0.39 is 11.9 Å². The van der Waals surface area contributed by atoms with E-state index in [1.165, 1.54) is 14.2 Å². The van der Waals surface area contributed by atoms with Gasteiger partial charge in [-0.25, -0.2) is 0 Å². The number of carbonyl (C=O) groups is 3. The molecule has 1 aromatic rings. The van der Waals surface area contributed by atoms with Crippen LogP contribution in [-0.2, 0) is 14.4 Å². The fraction of sp³-hybridized carbons (Fsp3) is 0.421. The number of hydrogen-bond donors (Lipinski definition) is 1. The molecule has 3 rings (SSSR count). The van der Waals surface area contributed by atoms with Crippen LogP contribution >= 0.6 is 0 Å². The van der Waals surface area contributed by atoms with Crippen LogP contribution in [0.3, 0.4) is 0 Å². The van der Waals surface area contributed by atoms with Crippen molar-refractivity contribution >= 4 is 23.4 Å². The molecule has 0 aromatic heterocycles. The number of carbonyl (C=O) groups excluding carboxylic acids is 3. The van der Waals surface area contributed by atoms with E-state index in [1.807, 2.05) is 12.2 Å². The van der Waals surface area contributed by atoms with Gasteiger partial charge in [0, 0.05) is 6.07 Å². The summed E-state index contributed by atoms with van der Waals surface area (Å²) in [5.74, 6) is -0.656. The van der Waals surface area contributed by atoms with Gasteiger partial charge in [0.15, 0.2) is 0 Å². The fourth-order valence-electron chi connectivity index (χ4n) is 3.46. The molecule has 1 N–H and O–H groups in total. The Labute approximate surface area is 151 Å². The summed E-state index contributed by atoms with van der Waals surface area (Å²) in [6, 6.07) is 4.09. The van der Waals surface area contributed by atoms with Gasteiger partial charge in [-0.3, -0.25) is 19.3 Å². The van der Waals surface area contributed by atoms with Crippen LogP contribution in [0.15, 0.2) is 30.4 Å². The molecule has 1 fully saturated rings. The van der Waals surface area contributed by atoms with Gasteiger partial charge in [-0.05, 0) is 31.9 Å². The summed E-state index contributed by atoms with van der Waals surface area (Å²) in [4.78, 5) is 39.0. The summed E-state index contributed by atoms with van der Waals surface area (Å²) in [5, 5.41) is 2.73. The number of allylic oxidation sites excluding steroid dienone is 2. The highest BCUT2D eigenvalue weighted by Crippen LogP contribution is 2.36. The lowest BCUT2D eigenvalue weighted by atomic mass is 9.85. The molecule has 1 aromatic carbocycles. The van der Waals surface area contributed by atoms with Crippen LogP contribution in [0.1, 0.15) is 19.8 Å².